The highest BCUT2D eigenvalue weighted by molar-refractivity contribution is 7.89. The summed E-state index contributed by atoms with van der Waals surface area (Å²) in [5.41, 5.74) is -2.69. The molecule has 2 aromatic carbocycles. The molecule has 1 unspecified atom stereocenters. The number of hydrogen-bond donors (Lipinski definition) is 2. The van der Waals surface area contributed by atoms with Gasteiger partial charge in [-0.1, -0.05) is 29.3 Å². The van der Waals surface area contributed by atoms with E-state index in [9.17, 15) is 26.7 Å². The summed E-state index contributed by atoms with van der Waals surface area (Å²) in [5, 5.41) is 15.6. The zero-order valence-corrected chi connectivity index (χ0v) is 17.8. The van der Waals surface area contributed by atoms with Crippen molar-refractivity contribution in [1.82, 2.24) is 19.5 Å². The normalized spacial score (nSPS) is 14.4. The first-order chi connectivity index (χ1) is 14.4. The van der Waals surface area contributed by atoms with Crippen LogP contribution in [0, 0.1) is 0 Å². The zero-order chi connectivity index (χ0) is 22.9. The molecular formula is C18H15Cl2F3N4O3S. The Hall–Kier alpha value is -2.18. The maximum absolute atomic E-state index is 12.7. The van der Waals surface area contributed by atoms with Gasteiger partial charge in [0.1, 0.15) is 18.3 Å². The molecule has 0 aliphatic carbocycles. The van der Waals surface area contributed by atoms with Crippen LogP contribution >= 0.6 is 23.2 Å². The van der Waals surface area contributed by atoms with Gasteiger partial charge in [-0.3, -0.25) is 0 Å². The molecule has 3 rings (SSSR count). The molecule has 0 aliphatic heterocycles. The number of hydrogen-bond acceptors (Lipinski definition) is 5. The third kappa shape index (κ3) is 5.55. The molecule has 7 nitrogen and oxygen atoms in total. The van der Waals surface area contributed by atoms with Crippen LogP contribution < -0.4 is 4.72 Å². The van der Waals surface area contributed by atoms with E-state index in [1.165, 1.54) is 35.5 Å². The molecule has 1 aromatic heterocycles. The number of alkyl halides is 3. The van der Waals surface area contributed by atoms with Crippen molar-refractivity contribution in [3.63, 3.8) is 0 Å². The van der Waals surface area contributed by atoms with Gasteiger partial charge in [-0.05, 0) is 36.4 Å². The Morgan fingerprint density at radius 2 is 1.77 bits per heavy atom. The lowest BCUT2D eigenvalue weighted by Crippen LogP contribution is -2.44. The fourth-order valence-electron chi connectivity index (χ4n) is 2.81. The average Bonchev–Trinajstić information content (AvgIpc) is 3.18. The van der Waals surface area contributed by atoms with Crippen LogP contribution in [0.3, 0.4) is 0 Å². The molecule has 0 radical (unpaired) electrons. The van der Waals surface area contributed by atoms with Gasteiger partial charge in [0.05, 0.1) is 17.0 Å². The van der Waals surface area contributed by atoms with Gasteiger partial charge in [0.15, 0.2) is 0 Å². The van der Waals surface area contributed by atoms with E-state index in [0.29, 0.717) is 17.2 Å². The molecule has 0 saturated heterocycles. The van der Waals surface area contributed by atoms with Crippen LogP contribution in [-0.4, -0.2) is 34.8 Å². The van der Waals surface area contributed by atoms with Crippen molar-refractivity contribution in [3.8, 4) is 0 Å². The van der Waals surface area contributed by atoms with Crippen LogP contribution in [0.2, 0.25) is 10.0 Å². The topological polar surface area (TPSA) is 97.1 Å². The van der Waals surface area contributed by atoms with Gasteiger partial charge in [-0.2, -0.15) is 18.3 Å². The van der Waals surface area contributed by atoms with Crippen LogP contribution in [0.4, 0.5) is 13.2 Å². The van der Waals surface area contributed by atoms with Crippen LogP contribution in [0.25, 0.3) is 0 Å². The summed E-state index contributed by atoms with van der Waals surface area (Å²) in [4.78, 5) is 3.38. The Kier molecular flexibility index (Phi) is 6.63. The molecule has 0 bridgehead atoms. The second-order valence-electron chi connectivity index (χ2n) is 6.60. The van der Waals surface area contributed by atoms with E-state index in [4.69, 9.17) is 23.2 Å². The summed E-state index contributed by atoms with van der Waals surface area (Å²) in [6.07, 6.45) is -2.05. The molecule has 0 amide bonds. The lowest BCUT2D eigenvalue weighted by atomic mass is 9.94. The van der Waals surface area contributed by atoms with Gasteiger partial charge in [0.25, 0.3) is 0 Å². The van der Waals surface area contributed by atoms with E-state index in [-0.39, 0.29) is 17.1 Å². The lowest BCUT2D eigenvalue weighted by Gasteiger charge is -2.29. The fraction of sp³-hybridized carbons (Fsp3) is 0.222. The monoisotopic (exact) mass is 494 g/mol. The first kappa shape index (κ1) is 23.5. The molecule has 0 spiro atoms. The second kappa shape index (κ2) is 8.75. The minimum atomic E-state index is -4.60. The van der Waals surface area contributed by atoms with Crippen molar-refractivity contribution in [3.05, 3.63) is 76.3 Å². The SMILES string of the molecule is O=S(=O)(NCC(O)(Cn1cncn1)c1ccc(Cl)cc1Cl)c1ccc(C(F)(F)F)cc1. The molecular weight excluding hydrogens is 480 g/mol. The zero-order valence-electron chi connectivity index (χ0n) is 15.5. The van der Waals surface area contributed by atoms with Crippen LogP contribution in [0.15, 0.2) is 60.0 Å². The van der Waals surface area contributed by atoms with E-state index in [2.05, 4.69) is 14.8 Å². The van der Waals surface area contributed by atoms with Crippen molar-refractivity contribution < 1.29 is 26.7 Å². The maximum atomic E-state index is 12.7. The Labute approximate surface area is 185 Å². The Morgan fingerprint density at radius 1 is 1.10 bits per heavy atom. The molecule has 3 aromatic rings. The highest BCUT2D eigenvalue weighted by atomic mass is 35.5. The molecule has 1 atom stereocenters. The third-order valence-electron chi connectivity index (χ3n) is 4.37. The maximum Gasteiger partial charge on any atom is 0.416 e. The fourth-order valence-corrected chi connectivity index (χ4v) is 4.48. The number of rotatable bonds is 7. The van der Waals surface area contributed by atoms with E-state index in [1.54, 1.807) is 0 Å². The number of aromatic nitrogens is 3. The second-order valence-corrected chi connectivity index (χ2v) is 9.21. The predicted molar refractivity (Wildman–Crippen MR) is 107 cm³/mol. The molecule has 0 saturated carbocycles. The van der Waals surface area contributed by atoms with Crippen molar-refractivity contribution in [2.45, 2.75) is 23.2 Å². The van der Waals surface area contributed by atoms with Gasteiger partial charge in [-0.15, -0.1) is 0 Å². The number of nitrogens with one attached hydrogen (secondary N) is 1. The third-order valence-corrected chi connectivity index (χ3v) is 6.33. The lowest BCUT2D eigenvalue weighted by molar-refractivity contribution is -0.137. The number of sulfonamides is 1. The van der Waals surface area contributed by atoms with Gasteiger partial charge in [-0.25, -0.2) is 22.8 Å². The summed E-state index contributed by atoms with van der Waals surface area (Å²) in [6.45, 7) is -0.776. The minimum Gasteiger partial charge on any atom is -0.382 e. The summed E-state index contributed by atoms with van der Waals surface area (Å²) in [7, 11) is -4.26. The quantitative estimate of drug-likeness (QED) is 0.524. The Bertz CT molecular complexity index is 1160. The van der Waals surface area contributed by atoms with Gasteiger partial charge in [0.2, 0.25) is 10.0 Å². The molecule has 0 fully saturated rings. The molecule has 13 heteroatoms. The van der Waals surface area contributed by atoms with Crippen molar-refractivity contribution in [2.75, 3.05) is 6.54 Å². The molecule has 31 heavy (non-hydrogen) atoms. The van der Waals surface area contributed by atoms with E-state index in [0.717, 1.165) is 12.1 Å². The summed E-state index contributed by atoms with van der Waals surface area (Å²) in [5.74, 6) is 0. The van der Waals surface area contributed by atoms with Gasteiger partial charge >= 0.3 is 6.18 Å². The average molecular weight is 495 g/mol. The number of aliphatic hydroxyl groups is 1. The number of nitrogens with zero attached hydrogens (tertiary/aromatic N) is 3. The molecule has 2 N–H and O–H groups in total. The first-order valence-electron chi connectivity index (χ1n) is 8.58. The number of benzene rings is 2. The Morgan fingerprint density at radius 3 is 2.32 bits per heavy atom. The van der Waals surface area contributed by atoms with E-state index < -0.39 is 38.8 Å². The van der Waals surface area contributed by atoms with Crippen molar-refractivity contribution >= 4 is 33.2 Å². The first-order valence-corrected chi connectivity index (χ1v) is 10.8. The predicted octanol–water partition coefficient (Wildman–Crippen LogP) is 3.47. The van der Waals surface area contributed by atoms with Crippen LogP contribution in [0.1, 0.15) is 11.1 Å². The largest absolute Gasteiger partial charge is 0.416 e. The van der Waals surface area contributed by atoms with Gasteiger partial charge in [0, 0.05) is 22.2 Å². The van der Waals surface area contributed by atoms with E-state index in [1.807, 2.05) is 0 Å². The van der Waals surface area contributed by atoms with Gasteiger partial charge < -0.3 is 5.11 Å². The summed E-state index contributed by atoms with van der Waals surface area (Å²) >= 11 is 12.1. The minimum absolute atomic E-state index is 0.0869. The Balaban J connectivity index is 1.89. The standard InChI is InChI=1S/C18H15Cl2F3N4O3S/c19-13-3-6-15(16(20)7-13)17(28,9-27-11-24-10-25-27)8-26-31(29,30)14-4-1-12(2-5-14)18(21,22)23/h1-7,10-11,26,28H,8-9H2. The smallest absolute Gasteiger partial charge is 0.382 e. The van der Waals surface area contributed by atoms with Crippen molar-refractivity contribution in [2.24, 2.45) is 0 Å². The van der Waals surface area contributed by atoms with Crippen molar-refractivity contribution in [1.29, 1.82) is 0 Å². The highest BCUT2D eigenvalue weighted by Crippen LogP contribution is 2.32. The molecule has 166 valence electrons. The molecule has 1 heterocycles. The summed E-state index contributed by atoms with van der Waals surface area (Å²) < 4.78 is 66.9. The van der Waals surface area contributed by atoms with Crippen LogP contribution in [-0.2, 0) is 28.3 Å². The van der Waals surface area contributed by atoms with Crippen LogP contribution in [0.5, 0.6) is 0 Å². The number of halogens is 5. The summed E-state index contributed by atoms with van der Waals surface area (Å²) in [6, 6.07) is 7.27. The highest BCUT2D eigenvalue weighted by Gasteiger charge is 2.35. The molecule has 0 aliphatic rings. The van der Waals surface area contributed by atoms with E-state index >= 15 is 0 Å².